The molecule has 7 nitrogen and oxygen atoms in total. The quantitative estimate of drug-likeness (QED) is 0.637. The first-order valence-corrected chi connectivity index (χ1v) is 6.38. The van der Waals surface area contributed by atoms with Crippen LogP contribution < -0.4 is 16.2 Å². The third-order valence-corrected chi connectivity index (χ3v) is 3.31. The zero-order valence-corrected chi connectivity index (χ0v) is 11.8. The van der Waals surface area contributed by atoms with Gasteiger partial charge in [-0.15, -0.1) is 0 Å². The fourth-order valence-electron chi connectivity index (χ4n) is 2.05. The number of nitrogens with zero attached hydrogens (tertiary/aromatic N) is 2. The Bertz CT molecular complexity index is 566. The lowest BCUT2D eigenvalue weighted by molar-refractivity contribution is -0.128. The van der Waals surface area contributed by atoms with Crippen molar-refractivity contribution in [1.29, 1.82) is 0 Å². The summed E-state index contributed by atoms with van der Waals surface area (Å²) in [5.74, 6) is 4.47. The molecule has 114 valence electrons. The van der Waals surface area contributed by atoms with Crippen molar-refractivity contribution in [2.24, 2.45) is 5.84 Å². The Hall–Kier alpha value is -2.35. The van der Waals surface area contributed by atoms with Crippen LogP contribution in [0.2, 0.25) is 0 Å². The van der Waals surface area contributed by atoms with Crippen molar-refractivity contribution in [2.75, 3.05) is 30.5 Å². The zero-order chi connectivity index (χ0) is 15.6. The SMILES string of the molecule is CC(=O)N(C)CC1CN(c2ccc(NN)c(F)c2)C(=O)O1. The van der Waals surface area contributed by atoms with E-state index in [0.717, 1.165) is 0 Å². The molecule has 1 aliphatic rings. The van der Waals surface area contributed by atoms with Gasteiger partial charge in [-0.1, -0.05) is 0 Å². The molecule has 1 fully saturated rings. The van der Waals surface area contributed by atoms with E-state index in [4.69, 9.17) is 10.6 Å². The van der Waals surface area contributed by atoms with E-state index in [1.165, 1.54) is 28.9 Å². The first-order valence-electron chi connectivity index (χ1n) is 6.38. The molecule has 0 aromatic heterocycles. The molecule has 0 radical (unpaired) electrons. The highest BCUT2D eigenvalue weighted by atomic mass is 19.1. The van der Waals surface area contributed by atoms with Crippen LogP contribution in [-0.4, -0.2) is 43.1 Å². The summed E-state index contributed by atoms with van der Waals surface area (Å²) in [6, 6.07) is 4.21. The van der Waals surface area contributed by atoms with Crippen LogP contribution in [0.1, 0.15) is 6.92 Å². The number of carbonyl (C=O) groups excluding carboxylic acids is 2. The molecule has 1 aromatic rings. The second-order valence-electron chi connectivity index (χ2n) is 4.82. The number of rotatable bonds is 4. The van der Waals surface area contributed by atoms with Gasteiger partial charge in [0, 0.05) is 14.0 Å². The van der Waals surface area contributed by atoms with Crippen molar-refractivity contribution >= 4 is 23.4 Å². The molecule has 2 amide bonds. The van der Waals surface area contributed by atoms with Gasteiger partial charge < -0.3 is 15.1 Å². The zero-order valence-electron chi connectivity index (χ0n) is 11.8. The van der Waals surface area contributed by atoms with Crippen LogP contribution in [0.3, 0.4) is 0 Å². The van der Waals surface area contributed by atoms with E-state index in [0.29, 0.717) is 12.2 Å². The van der Waals surface area contributed by atoms with Gasteiger partial charge in [0.1, 0.15) is 11.9 Å². The van der Waals surface area contributed by atoms with Crippen molar-refractivity contribution in [3.05, 3.63) is 24.0 Å². The predicted octanol–water partition coefficient (Wildman–Crippen LogP) is 0.915. The van der Waals surface area contributed by atoms with Gasteiger partial charge in [-0.2, -0.15) is 0 Å². The van der Waals surface area contributed by atoms with Gasteiger partial charge in [-0.3, -0.25) is 15.5 Å². The number of carbonyl (C=O) groups is 2. The summed E-state index contributed by atoms with van der Waals surface area (Å²) in [5, 5.41) is 0. The lowest BCUT2D eigenvalue weighted by Gasteiger charge is -2.18. The van der Waals surface area contributed by atoms with Crippen LogP contribution in [0, 0.1) is 5.82 Å². The van der Waals surface area contributed by atoms with Crippen molar-refractivity contribution in [1.82, 2.24) is 4.90 Å². The number of nitrogens with two attached hydrogens (primary N) is 1. The largest absolute Gasteiger partial charge is 0.442 e. The highest BCUT2D eigenvalue weighted by Gasteiger charge is 2.33. The van der Waals surface area contributed by atoms with E-state index >= 15 is 0 Å². The van der Waals surface area contributed by atoms with E-state index in [-0.39, 0.29) is 18.1 Å². The summed E-state index contributed by atoms with van der Waals surface area (Å²) >= 11 is 0. The molecule has 0 spiro atoms. The van der Waals surface area contributed by atoms with Crippen LogP contribution in [0.4, 0.5) is 20.6 Å². The monoisotopic (exact) mass is 296 g/mol. The van der Waals surface area contributed by atoms with E-state index < -0.39 is 18.0 Å². The maximum absolute atomic E-state index is 13.7. The number of cyclic esters (lactones) is 1. The Balaban J connectivity index is 2.09. The molecule has 8 heteroatoms. The summed E-state index contributed by atoms with van der Waals surface area (Å²) < 4.78 is 18.8. The Kier molecular flexibility index (Phi) is 4.27. The minimum atomic E-state index is -0.565. The summed E-state index contributed by atoms with van der Waals surface area (Å²) in [7, 11) is 1.63. The molecule has 3 N–H and O–H groups in total. The third-order valence-electron chi connectivity index (χ3n) is 3.31. The molecule has 1 saturated heterocycles. The molecule has 21 heavy (non-hydrogen) atoms. The molecule has 0 saturated carbocycles. The number of hydrazine groups is 1. The number of halogens is 1. The molecule has 1 aromatic carbocycles. The first-order chi connectivity index (χ1) is 9.92. The maximum atomic E-state index is 13.7. The smallest absolute Gasteiger partial charge is 0.414 e. The second kappa shape index (κ2) is 5.96. The molecular formula is C13H17FN4O3. The van der Waals surface area contributed by atoms with Gasteiger partial charge in [0.15, 0.2) is 0 Å². The maximum Gasteiger partial charge on any atom is 0.414 e. The Morgan fingerprint density at radius 2 is 2.33 bits per heavy atom. The normalized spacial score (nSPS) is 17.6. The Morgan fingerprint density at radius 1 is 1.62 bits per heavy atom. The molecule has 2 rings (SSSR count). The molecular weight excluding hydrogens is 279 g/mol. The molecule has 1 heterocycles. The van der Waals surface area contributed by atoms with Crippen LogP contribution in [0.25, 0.3) is 0 Å². The van der Waals surface area contributed by atoms with Gasteiger partial charge in [-0.25, -0.2) is 9.18 Å². The van der Waals surface area contributed by atoms with Gasteiger partial charge in [0.2, 0.25) is 5.91 Å². The highest BCUT2D eigenvalue weighted by Crippen LogP contribution is 2.25. The molecule has 0 aliphatic carbocycles. The molecule has 0 bridgehead atoms. The van der Waals surface area contributed by atoms with Crippen LogP contribution in [-0.2, 0) is 9.53 Å². The number of hydrogen-bond acceptors (Lipinski definition) is 5. The first kappa shape index (κ1) is 15.0. The average Bonchev–Trinajstić information content (AvgIpc) is 2.79. The summed E-state index contributed by atoms with van der Waals surface area (Å²) in [4.78, 5) is 25.8. The number of amides is 2. The number of nitrogens with one attached hydrogen (secondary N) is 1. The Labute approximate surface area is 121 Å². The summed E-state index contributed by atoms with van der Waals surface area (Å²) in [6.07, 6.45) is -1.01. The molecule has 1 aliphatic heterocycles. The Morgan fingerprint density at radius 3 is 2.90 bits per heavy atom. The summed E-state index contributed by atoms with van der Waals surface area (Å²) in [6.45, 7) is 1.98. The van der Waals surface area contributed by atoms with Crippen LogP contribution >= 0.6 is 0 Å². The fourth-order valence-corrected chi connectivity index (χ4v) is 2.05. The van der Waals surface area contributed by atoms with Crippen molar-refractivity contribution < 1.29 is 18.7 Å². The van der Waals surface area contributed by atoms with Crippen LogP contribution in [0.5, 0.6) is 0 Å². The van der Waals surface area contributed by atoms with E-state index in [1.807, 2.05) is 0 Å². The van der Waals surface area contributed by atoms with E-state index in [2.05, 4.69) is 5.43 Å². The van der Waals surface area contributed by atoms with Gasteiger partial charge in [0.05, 0.1) is 24.5 Å². The number of ether oxygens (including phenoxy) is 1. The standard InChI is InChI=1S/C13H17FN4O3/c1-8(19)17(2)6-10-7-18(13(20)21-10)9-3-4-12(16-15)11(14)5-9/h3-5,10,16H,6-7,15H2,1-2H3. The summed E-state index contributed by atoms with van der Waals surface area (Å²) in [5.41, 5.74) is 2.74. The number of likely N-dealkylation sites (N-methyl/N-ethyl adjacent to an activating group) is 1. The van der Waals surface area contributed by atoms with Crippen LogP contribution in [0.15, 0.2) is 18.2 Å². The third kappa shape index (κ3) is 3.22. The predicted molar refractivity (Wildman–Crippen MR) is 75.1 cm³/mol. The topological polar surface area (TPSA) is 87.9 Å². The van der Waals surface area contributed by atoms with Gasteiger partial charge in [0.25, 0.3) is 0 Å². The second-order valence-corrected chi connectivity index (χ2v) is 4.82. The van der Waals surface area contributed by atoms with Crippen molar-refractivity contribution in [2.45, 2.75) is 13.0 Å². The number of benzene rings is 1. The average molecular weight is 296 g/mol. The van der Waals surface area contributed by atoms with Gasteiger partial charge in [-0.05, 0) is 18.2 Å². The molecule has 1 atom stereocenters. The minimum Gasteiger partial charge on any atom is -0.442 e. The number of hydrogen-bond donors (Lipinski definition) is 2. The van der Waals surface area contributed by atoms with Gasteiger partial charge >= 0.3 is 6.09 Å². The fraction of sp³-hybridized carbons (Fsp3) is 0.385. The number of anilines is 2. The van der Waals surface area contributed by atoms with E-state index in [9.17, 15) is 14.0 Å². The van der Waals surface area contributed by atoms with E-state index in [1.54, 1.807) is 13.1 Å². The molecule has 1 unspecified atom stereocenters. The number of nitrogen functional groups attached to an aromatic ring is 1. The minimum absolute atomic E-state index is 0.117. The van der Waals surface area contributed by atoms with Crippen molar-refractivity contribution in [3.63, 3.8) is 0 Å². The lowest BCUT2D eigenvalue weighted by atomic mass is 10.2. The lowest BCUT2D eigenvalue weighted by Crippen LogP contribution is -2.35. The highest BCUT2D eigenvalue weighted by molar-refractivity contribution is 5.90. The van der Waals surface area contributed by atoms with Crippen molar-refractivity contribution in [3.8, 4) is 0 Å².